The van der Waals surface area contributed by atoms with Crippen LogP contribution < -0.4 is 10.6 Å². The monoisotopic (exact) mass is 311 g/mol. The summed E-state index contributed by atoms with van der Waals surface area (Å²) in [5.74, 6) is -1.16. The molecule has 1 aliphatic rings. The zero-order valence-electron chi connectivity index (χ0n) is 11.7. The molecule has 1 aliphatic heterocycles. The van der Waals surface area contributed by atoms with Crippen molar-refractivity contribution in [2.24, 2.45) is 0 Å². The molecule has 0 radical (unpaired) electrons. The molecule has 0 saturated carbocycles. The van der Waals surface area contributed by atoms with Gasteiger partial charge in [0.25, 0.3) is 0 Å². The second-order valence-corrected chi connectivity index (χ2v) is 5.47. The van der Waals surface area contributed by atoms with E-state index in [0.29, 0.717) is 30.3 Å². The van der Waals surface area contributed by atoms with Crippen LogP contribution in [0.1, 0.15) is 5.56 Å². The number of hydrogen-bond donors (Lipinski definition) is 3. The van der Waals surface area contributed by atoms with Gasteiger partial charge < -0.3 is 15.7 Å². The Labute approximate surface area is 128 Å². The molecule has 1 saturated heterocycles. The minimum Gasteiger partial charge on any atom is -0.480 e. The molecule has 2 rings (SSSR count). The number of carboxylic acid groups (broad SMARTS) is 1. The summed E-state index contributed by atoms with van der Waals surface area (Å²) in [4.78, 5) is 24.9. The summed E-state index contributed by atoms with van der Waals surface area (Å²) in [6, 6.07) is 4.58. The van der Waals surface area contributed by atoms with E-state index in [2.05, 4.69) is 10.6 Å². The van der Waals surface area contributed by atoms with Crippen molar-refractivity contribution < 1.29 is 14.7 Å². The minimum absolute atomic E-state index is 0.0462. The number of anilines is 1. The number of nitrogens with zero attached hydrogens (tertiary/aromatic N) is 1. The molecule has 1 amide bonds. The molecule has 1 atom stereocenters. The van der Waals surface area contributed by atoms with Crippen molar-refractivity contribution in [2.75, 3.05) is 31.5 Å². The number of piperazine rings is 1. The lowest BCUT2D eigenvalue weighted by molar-refractivity contribution is -0.144. The highest BCUT2D eigenvalue weighted by Gasteiger charge is 2.29. The van der Waals surface area contributed by atoms with Gasteiger partial charge >= 0.3 is 5.97 Å². The van der Waals surface area contributed by atoms with Crippen molar-refractivity contribution in [1.82, 2.24) is 10.2 Å². The van der Waals surface area contributed by atoms with E-state index < -0.39 is 12.0 Å². The molecule has 0 spiro atoms. The van der Waals surface area contributed by atoms with Crippen LogP contribution in [0.5, 0.6) is 0 Å². The Hall–Kier alpha value is -1.63. The molecular weight excluding hydrogens is 294 g/mol. The Morgan fingerprint density at radius 3 is 3.00 bits per heavy atom. The van der Waals surface area contributed by atoms with E-state index in [9.17, 15) is 9.59 Å². The average Bonchev–Trinajstić information content (AvgIpc) is 2.43. The second-order valence-electron chi connectivity index (χ2n) is 5.04. The first-order valence-corrected chi connectivity index (χ1v) is 7.09. The molecule has 0 aliphatic carbocycles. The van der Waals surface area contributed by atoms with E-state index in [1.807, 2.05) is 13.0 Å². The molecule has 114 valence electrons. The number of carboxylic acids is 1. The number of nitrogens with one attached hydrogen (secondary N) is 2. The fourth-order valence-corrected chi connectivity index (χ4v) is 2.45. The summed E-state index contributed by atoms with van der Waals surface area (Å²) in [6.45, 7) is 3.46. The van der Waals surface area contributed by atoms with Gasteiger partial charge in [0.15, 0.2) is 0 Å². The largest absolute Gasteiger partial charge is 0.480 e. The number of halogens is 1. The third-order valence-electron chi connectivity index (χ3n) is 3.46. The second kappa shape index (κ2) is 6.89. The first-order chi connectivity index (χ1) is 9.97. The molecule has 1 unspecified atom stereocenters. The molecule has 21 heavy (non-hydrogen) atoms. The van der Waals surface area contributed by atoms with Crippen molar-refractivity contribution in [1.29, 1.82) is 0 Å². The van der Waals surface area contributed by atoms with Gasteiger partial charge in [0.05, 0.1) is 6.54 Å². The molecular formula is C14H18ClN3O3. The number of amides is 1. The van der Waals surface area contributed by atoms with Crippen molar-refractivity contribution in [3.63, 3.8) is 0 Å². The van der Waals surface area contributed by atoms with E-state index in [0.717, 1.165) is 5.56 Å². The van der Waals surface area contributed by atoms with Crippen LogP contribution in [0.25, 0.3) is 0 Å². The maximum Gasteiger partial charge on any atom is 0.322 e. The molecule has 0 bridgehead atoms. The normalized spacial score (nSPS) is 19.2. The third-order valence-corrected chi connectivity index (χ3v) is 3.69. The summed E-state index contributed by atoms with van der Waals surface area (Å²) >= 11 is 5.91. The van der Waals surface area contributed by atoms with E-state index in [-0.39, 0.29) is 12.5 Å². The van der Waals surface area contributed by atoms with Gasteiger partial charge in [0, 0.05) is 30.3 Å². The van der Waals surface area contributed by atoms with Crippen LogP contribution in [0.4, 0.5) is 5.69 Å². The van der Waals surface area contributed by atoms with E-state index in [1.54, 1.807) is 17.0 Å². The predicted molar refractivity (Wildman–Crippen MR) is 80.7 cm³/mol. The lowest BCUT2D eigenvalue weighted by Crippen LogP contribution is -2.56. The summed E-state index contributed by atoms with van der Waals surface area (Å²) in [5, 5.41) is 15.5. The zero-order chi connectivity index (χ0) is 15.4. The first kappa shape index (κ1) is 15.8. The Bertz CT molecular complexity index is 550. The first-order valence-electron chi connectivity index (χ1n) is 6.71. The predicted octanol–water partition coefficient (Wildman–Crippen LogP) is 0.945. The standard InChI is InChI=1S/C14H18ClN3O3/c1-9-2-3-10(15)6-11(9)17-13(19)8-18-5-4-16-7-12(18)14(20)21/h2-3,6,12,16H,4-5,7-8H2,1H3,(H,17,19)(H,20,21). The molecule has 1 aromatic rings. The smallest absolute Gasteiger partial charge is 0.322 e. The molecule has 3 N–H and O–H groups in total. The lowest BCUT2D eigenvalue weighted by Gasteiger charge is -2.32. The minimum atomic E-state index is -0.922. The van der Waals surface area contributed by atoms with Crippen LogP contribution in [0.15, 0.2) is 18.2 Å². The van der Waals surface area contributed by atoms with Gasteiger partial charge in [0.1, 0.15) is 6.04 Å². The number of carbonyl (C=O) groups is 2. The maximum absolute atomic E-state index is 12.1. The number of carbonyl (C=O) groups excluding carboxylic acids is 1. The van der Waals surface area contributed by atoms with Crippen LogP contribution in [0, 0.1) is 6.92 Å². The zero-order valence-corrected chi connectivity index (χ0v) is 12.5. The quantitative estimate of drug-likeness (QED) is 0.771. The van der Waals surface area contributed by atoms with Crippen LogP contribution in [0.2, 0.25) is 5.02 Å². The van der Waals surface area contributed by atoms with Crippen molar-refractivity contribution in [3.05, 3.63) is 28.8 Å². The van der Waals surface area contributed by atoms with Gasteiger partial charge in [-0.2, -0.15) is 0 Å². The van der Waals surface area contributed by atoms with Crippen LogP contribution >= 0.6 is 11.6 Å². The molecule has 1 fully saturated rings. The lowest BCUT2D eigenvalue weighted by atomic mass is 10.2. The van der Waals surface area contributed by atoms with E-state index in [4.69, 9.17) is 16.7 Å². The summed E-state index contributed by atoms with van der Waals surface area (Å²) in [5.41, 5.74) is 1.55. The van der Waals surface area contributed by atoms with Gasteiger partial charge in [-0.05, 0) is 24.6 Å². The average molecular weight is 312 g/mol. The fourth-order valence-electron chi connectivity index (χ4n) is 2.28. The van der Waals surface area contributed by atoms with Gasteiger partial charge in [-0.3, -0.25) is 14.5 Å². The highest BCUT2D eigenvalue weighted by molar-refractivity contribution is 6.31. The SMILES string of the molecule is Cc1ccc(Cl)cc1NC(=O)CN1CCNCC1C(=O)O. The number of hydrogen-bond acceptors (Lipinski definition) is 4. The maximum atomic E-state index is 12.1. The Morgan fingerprint density at radius 1 is 1.52 bits per heavy atom. The van der Waals surface area contributed by atoms with Crippen LogP contribution in [-0.4, -0.2) is 54.1 Å². The number of rotatable bonds is 4. The van der Waals surface area contributed by atoms with Crippen molar-refractivity contribution in [3.8, 4) is 0 Å². The van der Waals surface area contributed by atoms with Crippen LogP contribution in [-0.2, 0) is 9.59 Å². The number of aliphatic carboxylic acids is 1. The van der Waals surface area contributed by atoms with E-state index in [1.165, 1.54) is 0 Å². The Morgan fingerprint density at radius 2 is 2.29 bits per heavy atom. The van der Waals surface area contributed by atoms with Gasteiger partial charge in [0.2, 0.25) is 5.91 Å². The fraction of sp³-hybridized carbons (Fsp3) is 0.429. The number of aryl methyl sites for hydroxylation is 1. The highest BCUT2D eigenvalue weighted by atomic mass is 35.5. The summed E-state index contributed by atoms with van der Waals surface area (Å²) < 4.78 is 0. The Kier molecular flexibility index (Phi) is 5.17. The summed E-state index contributed by atoms with van der Waals surface area (Å²) in [7, 11) is 0. The molecule has 7 heteroatoms. The van der Waals surface area contributed by atoms with Crippen molar-refractivity contribution in [2.45, 2.75) is 13.0 Å². The van der Waals surface area contributed by atoms with Crippen molar-refractivity contribution >= 4 is 29.2 Å². The van der Waals surface area contributed by atoms with E-state index >= 15 is 0 Å². The van der Waals surface area contributed by atoms with Crippen LogP contribution in [0.3, 0.4) is 0 Å². The van der Waals surface area contributed by atoms with Gasteiger partial charge in [-0.25, -0.2) is 0 Å². The molecule has 6 nitrogen and oxygen atoms in total. The summed E-state index contributed by atoms with van der Waals surface area (Å²) in [6.07, 6.45) is 0. The highest BCUT2D eigenvalue weighted by Crippen LogP contribution is 2.20. The molecule has 0 aromatic heterocycles. The molecule has 1 heterocycles. The number of benzene rings is 1. The topological polar surface area (TPSA) is 81.7 Å². The Balaban J connectivity index is 2.00. The van der Waals surface area contributed by atoms with Gasteiger partial charge in [-0.15, -0.1) is 0 Å². The molecule has 1 aromatic carbocycles. The third kappa shape index (κ3) is 4.17. The van der Waals surface area contributed by atoms with Gasteiger partial charge in [-0.1, -0.05) is 17.7 Å².